The number of hydrogen-bond acceptors (Lipinski definition) is 4. The summed E-state index contributed by atoms with van der Waals surface area (Å²) in [6, 6.07) is 15.6. The molecule has 0 saturated carbocycles. The van der Waals surface area contributed by atoms with Crippen molar-refractivity contribution in [1.82, 2.24) is 9.21 Å². The van der Waals surface area contributed by atoms with Crippen molar-refractivity contribution in [2.75, 3.05) is 37.6 Å². The molecule has 154 valence electrons. The van der Waals surface area contributed by atoms with Gasteiger partial charge in [-0.25, -0.2) is 8.42 Å². The van der Waals surface area contributed by atoms with Gasteiger partial charge in [0.25, 0.3) is 0 Å². The first-order valence-electron chi connectivity index (χ1n) is 9.83. The summed E-state index contributed by atoms with van der Waals surface area (Å²) in [7, 11) is -3.73. The first-order valence-corrected chi connectivity index (χ1v) is 11.6. The van der Waals surface area contributed by atoms with E-state index in [1.165, 1.54) is 16.4 Å². The molecular formula is C21H24ClN3O3S. The normalized spacial score (nSPS) is 20.8. The molecule has 2 aliphatic rings. The van der Waals surface area contributed by atoms with E-state index < -0.39 is 16.1 Å². The van der Waals surface area contributed by atoms with E-state index in [1.54, 1.807) is 17.0 Å². The summed E-state index contributed by atoms with van der Waals surface area (Å²) in [5.74, 6) is -0.0900. The molecule has 0 aromatic heterocycles. The predicted octanol–water partition coefficient (Wildman–Crippen LogP) is 2.84. The second kappa shape index (κ2) is 8.34. The summed E-state index contributed by atoms with van der Waals surface area (Å²) in [5.41, 5.74) is 1.15. The van der Waals surface area contributed by atoms with Crippen LogP contribution in [0.2, 0.25) is 5.02 Å². The van der Waals surface area contributed by atoms with Crippen LogP contribution in [0.25, 0.3) is 0 Å². The molecule has 0 spiro atoms. The maximum Gasteiger partial charge on any atom is 0.243 e. The van der Waals surface area contributed by atoms with E-state index in [4.69, 9.17) is 11.6 Å². The molecule has 0 N–H and O–H groups in total. The van der Waals surface area contributed by atoms with E-state index >= 15 is 0 Å². The number of halogens is 1. The van der Waals surface area contributed by atoms with Gasteiger partial charge >= 0.3 is 0 Å². The minimum Gasteiger partial charge on any atom is -0.368 e. The summed E-state index contributed by atoms with van der Waals surface area (Å²) in [4.78, 5) is 17.4. The first kappa shape index (κ1) is 20.2. The molecule has 4 rings (SSSR count). The van der Waals surface area contributed by atoms with Crippen LogP contribution in [-0.4, -0.2) is 62.3 Å². The highest BCUT2D eigenvalue weighted by atomic mass is 35.5. The Hall–Kier alpha value is -2.09. The van der Waals surface area contributed by atoms with Crippen LogP contribution >= 0.6 is 11.6 Å². The molecule has 2 aliphatic heterocycles. The Kier molecular flexibility index (Phi) is 5.81. The number of amides is 1. The Balaban J connectivity index is 1.45. The summed E-state index contributed by atoms with van der Waals surface area (Å²) in [5, 5.41) is 0.481. The maximum absolute atomic E-state index is 13.2. The molecule has 2 saturated heterocycles. The average molecular weight is 434 g/mol. The molecule has 29 heavy (non-hydrogen) atoms. The molecule has 0 radical (unpaired) electrons. The zero-order chi connectivity index (χ0) is 20.4. The average Bonchev–Trinajstić information content (AvgIpc) is 3.25. The molecule has 2 aromatic rings. The summed E-state index contributed by atoms with van der Waals surface area (Å²) >= 11 is 5.88. The van der Waals surface area contributed by atoms with Crippen LogP contribution in [0.3, 0.4) is 0 Å². The molecule has 0 bridgehead atoms. The van der Waals surface area contributed by atoms with Crippen LogP contribution in [-0.2, 0) is 14.8 Å². The third-order valence-electron chi connectivity index (χ3n) is 5.62. The van der Waals surface area contributed by atoms with Gasteiger partial charge in [-0.2, -0.15) is 4.31 Å². The Labute approximate surface area is 176 Å². The minimum atomic E-state index is -3.73. The van der Waals surface area contributed by atoms with Crippen LogP contribution < -0.4 is 4.90 Å². The van der Waals surface area contributed by atoms with Gasteiger partial charge in [0.15, 0.2) is 0 Å². The van der Waals surface area contributed by atoms with Gasteiger partial charge in [0.2, 0.25) is 15.9 Å². The lowest BCUT2D eigenvalue weighted by molar-refractivity contribution is -0.134. The van der Waals surface area contributed by atoms with Crippen molar-refractivity contribution < 1.29 is 13.2 Å². The van der Waals surface area contributed by atoms with Gasteiger partial charge in [-0.1, -0.05) is 29.8 Å². The van der Waals surface area contributed by atoms with Gasteiger partial charge in [-0.05, 0) is 49.2 Å². The van der Waals surface area contributed by atoms with Crippen LogP contribution in [0, 0.1) is 0 Å². The zero-order valence-electron chi connectivity index (χ0n) is 16.1. The number of nitrogens with zero attached hydrogens (tertiary/aromatic N) is 3. The molecule has 6 nitrogen and oxygen atoms in total. The predicted molar refractivity (Wildman–Crippen MR) is 114 cm³/mol. The summed E-state index contributed by atoms with van der Waals surface area (Å²) < 4.78 is 27.5. The number of benzene rings is 2. The quantitative estimate of drug-likeness (QED) is 0.743. The number of anilines is 1. The maximum atomic E-state index is 13.2. The highest BCUT2D eigenvalue weighted by molar-refractivity contribution is 7.89. The number of para-hydroxylation sites is 1. The van der Waals surface area contributed by atoms with Crippen LogP contribution in [0.15, 0.2) is 59.5 Å². The zero-order valence-corrected chi connectivity index (χ0v) is 17.6. The first-order chi connectivity index (χ1) is 14.0. The molecule has 8 heteroatoms. The largest absolute Gasteiger partial charge is 0.368 e. The fourth-order valence-corrected chi connectivity index (χ4v) is 5.83. The number of hydrogen-bond donors (Lipinski definition) is 0. The van der Waals surface area contributed by atoms with Crippen molar-refractivity contribution in [3.63, 3.8) is 0 Å². The second-order valence-corrected chi connectivity index (χ2v) is 9.70. The number of rotatable bonds is 4. The fourth-order valence-electron chi connectivity index (χ4n) is 4.05. The molecule has 2 heterocycles. The van der Waals surface area contributed by atoms with Crippen LogP contribution in [0.5, 0.6) is 0 Å². The standard InChI is InChI=1S/C21H24ClN3O3S/c22-17-8-10-19(11-9-17)29(27,28)25-12-4-7-20(25)21(26)24-15-13-23(14-16-24)18-5-2-1-3-6-18/h1-3,5-6,8-11,20H,4,7,12-16H2/t20-/m1/s1. The van der Waals surface area contributed by atoms with Crippen molar-refractivity contribution in [1.29, 1.82) is 0 Å². The SMILES string of the molecule is O=C([C@H]1CCCN1S(=O)(=O)c1ccc(Cl)cc1)N1CCN(c2ccccc2)CC1. The van der Waals surface area contributed by atoms with Gasteiger partial charge in [-0.3, -0.25) is 4.79 Å². The lowest BCUT2D eigenvalue weighted by Crippen LogP contribution is -2.54. The number of sulfonamides is 1. The van der Waals surface area contributed by atoms with Crippen molar-refractivity contribution in [3.8, 4) is 0 Å². The smallest absolute Gasteiger partial charge is 0.243 e. The third kappa shape index (κ3) is 4.13. The minimum absolute atomic E-state index is 0.0900. The van der Waals surface area contributed by atoms with Crippen LogP contribution in [0.1, 0.15) is 12.8 Å². The fraction of sp³-hybridized carbons (Fsp3) is 0.381. The van der Waals surface area contributed by atoms with E-state index in [2.05, 4.69) is 17.0 Å². The topological polar surface area (TPSA) is 60.9 Å². The lowest BCUT2D eigenvalue weighted by Gasteiger charge is -2.38. The van der Waals surface area contributed by atoms with Gasteiger partial charge in [0.1, 0.15) is 6.04 Å². The highest BCUT2D eigenvalue weighted by Crippen LogP contribution is 2.28. The molecule has 1 atom stereocenters. The number of carbonyl (C=O) groups excluding carboxylic acids is 1. The van der Waals surface area contributed by atoms with E-state index in [0.29, 0.717) is 37.5 Å². The van der Waals surface area contributed by atoms with Crippen molar-refractivity contribution >= 4 is 33.2 Å². The van der Waals surface area contributed by atoms with Crippen molar-refractivity contribution in [2.45, 2.75) is 23.8 Å². The lowest BCUT2D eigenvalue weighted by atomic mass is 10.1. The second-order valence-electron chi connectivity index (χ2n) is 7.38. The molecule has 2 aromatic carbocycles. The van der Waals surface area contributed by atoms with E-state index in [-0.39, 0.29) is 10.8 Å². The summed E-state index contributed by atoms with van der Waals surface area (Å²) in [6.45, 7) is 3.04. The van der Waals surface area contributed by atoms with Crippen LogP contribution in [0.4, 0.5) is 5.69 Å². The molecule has 0 unspecified atom stereocenters. The Morgan fingerprint density at radius 1 is 0.897 bits per heavy atom. The van der Waals surface area contributed by atoms with Gasteiger partial charge < -0.3 is 9.80 Å². The summed E-state index contributed by atoms with van der Waals surface area (Å²) in [6.07, 6.45) is 1.25. The molecular weight excluding hydrogens is 410 g/mol. The molecule has 2 fully saturated rings. The Morgan fingerprint density at radius 2 is 1.55 bits per heavy atom. The Morgan fingerprint density at radius 3 is 2.21 bits per heavy atom. The number of carbonyl (C=O) groups is 1. The Bertz CT molecular complexity index is 958. The number of piperazine rings is 1. The van der Waals surface area contributed by atoms with E-state index in [0.717, 1.165) is 18.8 Å². The van der Waals surface area contributed by atoms with E-state index in [1.807, 2.05) is 18.2 Å². The molecule has 1 amide bonds. The van der Waals surface area contributed by atoms with Crippen molar-refractivity contribution in [3.05, 3.63) is 59.6 Å². The van der Waals surface area contributed by atoms with Gasteiger partial charge in [0.05, 0.1) is 4.90 Å². The van der Waals surface area contributed by atoms with Gasteiger partial charge in [0, 0.05) is 43.4 Å². The molecule has 0 aliphatic carbocycles. The van der Waals surface area contributed by atoms with Gasteiger partial charge in [-0.15, -0.1) is 0 Å². The third-order valence-corrected chi connectivity index (χ3v) is 7.80. The van der Waals surface area contributed by atoms with Crippen molar-refractivity contribution in [2.24, 2.45) is 0 Å². The highest BCUT2D eigenvalue weighted by Gasteiger charge is 2.41. The monoisotopic (exact) mass is 433 g/mol. The van der Waals surface area contributed by atoms with E-state index in [9.17, 15) is 13.2 Å².